The molecule has 0 spiro atoms. The Labute approximate surface area is 44.1 Å². The fraction of sp³-hybridized carbons (Fsp3) is 0.667. The topological polar surface area (TPSA) is 21.9 Å². The van der Waals surface area contributed by atoms with Crippen molar-refractivity contribution in [2.45, 2.75) is 19.4 Å². The monoisotopic (exact) mass is 95.1 g/mol. The van der Waals surface area contributed by atoms with Gasteiger partial charge in [-0.1, -0.05) is 12.8 Å². The molecule has 1 atom stereocenters. The average Bonchev–Trinajstić information content (AvgIpc) is 2.42. The molecule has 0 aromatic rings. The van der Waals surface area contributed by atoms with Crippen LogP contribution in [0.1, 0.15) is 13.3 Å². The third-order valence-corrected chi connectivity index (χ3v) is 0.861. The van der Waals surface area contributed by atoms with Crippen LogP contribution in [0.4, 0.5) is 0 Å². The Morgan fingerprint density at radius 2 is 2.57 bits per heavy atom. The van der Waals surface area contributed by atoms with Gasteiger partial charge in [0.25, 0.3) is 0 Å². The number of hydrogen-bond acceptors (Lipinski definition) is 1. The first-order valence-electron chi connectivity index (χ1n) is 2.65. The predicted molar refractivity (Wildman–Crippen MR) is 29.9 cm³/mol. The molecule has 0 aromatic heterocycles. The molecule has 1 aliphatic heterocycles. The summed E-state index contributed by atoms with van der Waals surface area (Å²) in [5.74, 6) is 6.04. The molecule has 1 heterocycles. The lowest BCUT2D eigenvalue weighted by Gasteiger charge is -1.67. The standard InChI is InChI=1S/C6H9N/c1-2-3-4-6-5-7-6/h6-7H,2,5H2,1H3. The minimum atomic E-state index is 0.542. The summed E-state index contributed by atoms with van der Waals surface area (Å²) in [6.45, 7) is 3.17. The second-order valence-corrected chi connectivity index (χ2v) is 1.64. The second kappa shape index (κ2) is 1.99. The minimum Gasteiger partial charge on any atom is -0.300 e. The molecular formula is C6H9N. The maximum absolute atomic E-state index is 3.10. The molecule has 0 aliphatic carbocycles. The van der Waals surface area contributed by atoms with E-state index in [1.807, 2.05) is 0 Å². The van der Waals surface area contributed by atoms with Crippen molar-refractivity contribution in [3.05, 3.63) is 0 Å². The fourth-order valence-electron chi connectivity index (χ4n) is 0.386. The van der Waals surface area contributed by atoms with Crippen LogP contribution < -0.4 is 5.32 Å². The van der Waals surface area contributed by atoms with Gasteiger partial charge in [0, 0.05) is 13.0 Å². The highest BCUT2D eigenvalue weighted by atomic mass is 15.1. The molecule has 1 unspecified atom stereocenters. The van der Waals surface area contributed by atoms with Crippen molar-refractivity contribution in [1.82, 2.24) is 5.32 Å². The molecule has 1 saturated heterocycles. The number of nitrogens with one attached hydrogen (secondary N) is 1. The summed E-state index contributed by atoms with van der Waals surface area (Å²) in [6.07, 6.45) is 0.984. The SMILES string of the molecule is CCC#CC1CN1. The van der Waals surface area contributed by atoms with E-state index in [-0.39, 0.29) is 0 Å². The molecule has 1 rings (SSSR count). The Balaban J connectivity index is 2.16. The van der Waals surface area contributed by atoms with Gasteiger partial charge in [0.1, 0.15) is 0 Å². The van der Waals surface area contributed by atoms with Gasteiger partial charge in [-0.15, -0.1) is 5.92 Å². The smallest absolute Gasteiger partial charge is 0.0817 e. The largest absolute Gasteiger partial charge is 0.300 e. The molecule has 1 N–H and O–H groups in total. The molecule has 1 fully saturated rings. The highest BCUT2D eigenvalue weighted by molar-refractivity contribution is 5.14. The minimum absolute atomic E-state index is 0.542. The molecule has 1 aliphatic rings. The summed E-state index contributed by atoms with van der Waals surface area (Å²) in [6, 6.07) is 0.542. The Hall–Kier alpha value is -0.480. The molecule has 1 heteroatoms. The van der Waals surface area contributed by atoms with Crippen molar-refractivity contribution in [1.29, 1.82) is 0 Å². The van der Waals surface area contributed by atoms with E-state index in [4.69, 9.17) is 0 Å². The summed E-state index contributed by atoms with van der Waals surface area (Å²) in [4.78, 5) is 0. The second-order valence-electron chi connectivity index (χ2n) is 1.64. The predicted octanol–water partition coefficient (Wildman–Crippen LogP) is 0.372. The van der Waals surface area contributed by atoms with Crippen LogP contribution in [0.2, 0.25) is 0 Å². The summed E-state index contributed by atoms with van der Waals surface area (Å²) in [5, 5.41) is 3.10. The van der Waals surface area contributed by atoms with Crippen LogP contribution in [0.3, 0.4) is 0 Å². The molecule has 0 aromatic carbocycles. The van der Waals surface area contributed by atoms with Gasteiger partial charge in [-0.25, -0.2) is 0 Å². The van der Waals surface area contributed by atoms with Gasteiger partial charge in [0.2, 0.25) is 0 Å². The van der Waals surface area contributed by atoms with Gasteiger partial charge in [-0.2, -0.15) is 0 Å². The van der Waals surface area contributed by atoms with E-state index in [0.717, 1.165) is 13.0 Å². The van der Waals surface area contributed by atoms with E-state index in [2.05, 4.69) is 24.1 Å². The van der Waals surface area contributed by atoms with E-state index in [0.29, 0.717) is 6.04 Å². The van der Waals surface area contributed by atoms with Gasteiger partial charge in [0.15, 0.2) is 0 Å². The van der Waals surface area contributed by atoms with Gasteiger partial charge in [-0.05, 0) is 0 Å². The quantitative estimate of drug-likeness (QED) is 0.341. The van der Waals surface area contributed by atoms with E-state index >= 15 is 0 Å². The highest BCUT2D eigenvalue weighted by Crippen LogP contribution is 1.91. The van der Waals surface area contributed by atoms with Gasteiger partial charge in [0.05, 0.1) is 6.04 Å². The molecule has 0 saturated carbocycles. The summed E-state index contributed by atoms with van der Waals surface area (Å²) in [5.41, 5.74) is 0. The van der Waals surface area contributed by atoms with Crippen LogP contribution in [-0.4, -0.2) is 12.6 Å². The van der Waals surface area contributed by atoms with Crippen LogP contribution >= 0.6 is 0 Å². The summed E-state index contributed by atoms with van der Waals surface area (Å²) < 4.78 is 0. The first-order chi connectivity index (χ1) is 3.43. The Kier molecular flexibility index (Phi) is 1.33. The number of rotatable bonds is 0. The van der Waals surface area contributed by atoms with Crippen molar-refractivity contribution in [2.75, 3.05) is 6.54 Å². The fourth-order valence-corrected chi connectivity index (χ4v) is 0.386. The third-order valence-electron chi connectivity index (χ3n) is 0.861. The zero-order chi connectivity index (χ0) is 5.11. The molecule has 1 nitrogen and oxygen atoms in total. The van der Waals surface area contributed by atoms with Crippen molar-refractivity contribution >= 4 is 0 Å². The lowest BCUT2D eigenvalue weighted by molar-refractivity contribution is 1.22. The Morgan fingerprint density at radius 1 is 1.86 bits per heavy atom. The first-order valence-corrected chi connectivity index (χ1v) is 2.65. The number of hydrogen-bond donors (Lipinski definition) is 1. The lowest BCUT2D eigenvalue weighted by atomic mass is 10.4. The van der Waals surface area contributed by atoms with Crippen molar-refractivity contribution in [3.63, 3.8) is 0 Å². The Morgan fingerprint density at radius 3 is 3.00 bits per heavy atom. The Bertz CT molecular complexity index is 103. The maximum Gasteiger partial charge on any atom is 0.0817 e. The molecule has 0 bridgehead atoms. The van der Waals surface area contributed by atoms with E-state index in [1.165, 1.54) is 0 Å². The van der Waals surface area contributed by atoms with Crippen LogP contribution in [0, 0.1) is 11.8 Å². The molecule has 38 valence electrons. The van der Waals surface area contributed by atoms with Crippen molar-refractivity contribution < 1.29 is 0 Å². The highest BCUT2D eigenvalue weighted by Gasteiger charge is 2.15. The van der Waals surface area contributed by atoms with Gasteiger partial charge >= 0.3 is 0 Å². The molecular weight excluding hydrogens is 86.1 g/mol. The van der Waals surface area contributed by atoms with Crippen LogP contribution in [-0.2, 0) is 0 Å². The van der Waals surface area contributed by atoms with Gasteiger partial charge < -0.3 is 5.32 Å². The van der Waals surface area contributed by atoms with E-state index in [1.54, 1.807) is 0 Å². The van der Waals surface area contributed by atoms with E-state index in [9.17, 15) is 0 Å². The zero-order valence-corrected chi connectivity index (χ0v) is 4.49. The van der Waals surface area contributed by atoms with Crippen molar-refractivity contribution in [3.8, 4) is 11.8 Å². The summed E-state index contributed by atoms with van der Waals surface area (Å²) in [7, 11) is 0. The average molecular weight is 95.1 g/mol. The van der Waals surface area contributed by atoms with Crippen LogP contribution in [0.15, 0.2) is 0 Å². The first kappa shape index (κ1) is 4.67. The zero-order valence-electron chi connectivity index (χ0n) is 4.49. The van der Waals surface area contributed by atoms with Crippen LogP contribution in [0.25, 0.3) is 0 Å². The van der Waals surface area contributed by atoms with Gasteiger partial charge in [-0.3, -0.25) is 0 Å². The lowest BCUT2D eigenvalue weighted by Crippen LogP contribution is -1.80. The maximum atomic E-state index is 3.10. The van der Waals surface area contributed by atoms with Crippen LogP contribution in [0.5, 0.6) is 0 Å². The molecule has 0 radical (unpaired) electrons. The van der Waals surface area contributed by atoms with E-state index < -0.39 is 0 Å². The third kappa shape index (κ3) is 1.61. The normalized spacial score (nSPS) is 25.6. The molecule has 7 heavy (non-hydrogen) atoms. The summed E-state index contributed by atoms with van der Waals surface area (Å²) >= 11 is 0. The molecule has 0 amide bonds. The van der Waals surface area contributed by atoms with Crippen molar-refractivity contribution in [2.24, 2.45) is 0 Å².